The Labute approximate surface area is 655 Å². The number of aromatic nitrogens is 15. The molecule has 2 amide bonds. The summed E-state index contributed by atoms with van der Waals surface area (Å²) < 4.78 is 34.9. The summed E-state index contributed by atoms with van der Waals surface area (Å²) in [6, 6.07) is 0. The Balaban J connectivity index is 0.000000135. The van der Waals surface area contributed by atoms with Crippen LogP contribution in [0.3, 0.4) is 0 Å². The Hall–Kier alpha value is -11.7. The van der Waals surface area contributed by atoms with Crippen molar-refractivity contribution < 1.29 is 115 Å². The van der Waals surface area contributed by atoms with Gasteiger partial charge in [-0.3, -0.25) is 19.8 Å². The molecule has 5 fully saturated rings. The molecule has 0 unspecified atom stereocenters. The van der Waals surface area contributed by atoms with E-state index in [1.54, 1.807) is 31.5 Å². The number of aliphatic imine (C=N–C) groups is 1. The van der Waals surface area contributed by atoms with E-state index in [4.69, 9.17) is 76.0 Å². The number of ether oxygens (including phenoxy) is 5. The number of rotatable bonds is 14. The number of hydrogen-bond acceptors (Lipinski definition) is 39. The third-order valence-corrected chi connectivity index (χ3v) is 19.9. The first-order chi connectivity index (χ1) is 55.6. The molecule has 6 aliphatic heterocycles. The monoisotopic (exact) mass is 1630 g/mol. The molecule has 10 aromatic rings. The number of nitrogens with zero attached hydrogens (tertiary/aromatic N) is 19. The van der Waals surface area contributed by atoms with E-state index in [9.17, 15) is 91.1 Å². The number of aromatic amines is 1. The number of nitrogens with two attached hydrogens (primary N) is 5. The van der Waals surface area contributed by atoms with E-state index in [2.05, 4.69) is 69.8 Å². The standard InChI is InChI=1S/C14H17N7O4.C14H17N5O4.C13H17N5O6.C13H15N5O4.C13H16N4O6/c1-5-18-11(15)8-6(12-16-4-17-20-12)2-21(13(8)19-5)14-10(24)9(23)7(3-22)25-14;1-3-8-17-12(15)9-6(16-2)4-19(13(9)18-8)14-11(22)10(21)7(5-20)23-14;1-4-16-10(14)7-5(11(15)22)2-17(12(7)18(4)23)13-9(21)8(20)6(3-19)24-13;1-5-16-11(14)8-6(15-2)3-18(12(8)17-5)13-10(21)9(20)7(4-19)22-13;1-4-15-11-7(12(22)16-4)5(10(14)21)2-17(11)13-9(20)8(19)6(3-18)23-13/h2,7,9-10,14,22-24H,3-4H2,1H3,(H2,15,18,19);4,7,10-11,14,20-22H,3,5H2,1H3,(H2,15,17,18);2,6,8-9,13-14,19-21,23H,3H2,1H3,(H2,15,22);3,7,9-10,13,19-21H,4H2,1H3,(H2,14,16,17);2,6,8-9,13,18-20H,3H2,1H3,(H2,14,21)(H,15,16,22)/t7-,9-,10-,14-;7-,10-,11-,14-;6-,8-,9-,13-;7-,9-,10-,13-;6-,8-,9-,13-/m11111/s1. The van der Waals surface area contributed by atoms with Crippen LogP contribution in [0, 0.1) is 46.2 Å². The summed E-state index contributed by atoms with van der Waals surface area (Å²) in [4.78, 5) is 82.2. The zero-order valence-electron chi connectivity index (χ0n) is 62.2. The second-order valence-corrected chi connectivity index (χ2v) is 27.3. The highest BCUT2D eigenvalue weighted by Crippen LogP contribution is 2.42. The van der Waals surface area contributed by atoms with Crippen LogP contribution in [0.2, 0.25) is 0 Å². The summed E-state index contributed by atoms with van der Waals surface area (Å²) in [5.41, 5.74) is 29.6. The number of azo groups is 1. The van der Waals surface area contributed by atoms with Gasteiger partial charge in [0.15, 0.2) is 60.4 Å². The normalized spacial score (nSPS) is 27.8. The summed E-state index contributed by atoms with van der Waals surface area (Å²) in [5, 5.41) is 174. The predicted octanol–water partition coefficient (Wildman–Crippen LogP) is -6.36. The number of anilines is 3. The van der Waals surface area contributed by atoms with Crippen LogP contribution in [0.5, 0.6) is 0 Å². The van der Waals surface area contributed by atoms with Crippen molar-refractivity contribution in [2.45, 2.75) is 164 Å². The summed E-state index contributed by atoms with van der Waals surface area (Å²) in [5.74, 6) is 0.994. The molecule has 6 aliphatic rings. The minimum absolute atomic E-state index is 0.0201. The van der Waals surface area contributed by atoms with Crippen molar-refractivity contribution in [3.8, 4) is 0 Å². The average Bonchev–Trinajstić information content (AvgIpc) is 1.63. The fourth-order valence-electron chi connectivity index (χ4n) is 14.2. The maximum absolute atomic E-state index is 12.1. The van der Waals surface area contributed by atoms with E-state index in [0.29, 0.717) is 78.9 Å². The van der Waals surface area contributed by atoms with Crippen LogP contribution < -0.4 is 39.7 Å². The number of carbonyl (C=O) groups excluding carboxylic acids is 2. The predicted molar refractivity (Wildman–Crippen MR) is 396 cm³/mol. The number of aryl methyl sites for hydroxylation is 5. The maximum Gasteiger partial charge on any atom is 0.261 e. The second kappa shape index (κ2) is 33.9. The molecule has 0 aromatic carbocycles. The minimum Gasteiger partial charge on any atom is -0.425 e. The Morgan fingerprint density at radius 2 is 0.872 bits per heavy atom. The molecule has 10 aromatic heterocycles. The molecule has 0 radical (unpaired) electrons. The number of aliphatic hydroxyl groups is 15. The quantitative estimate of drug-likeness (QED) is 0.0356. The van der Waals surface area contributed by atoms with E-state index in [-0.39, 0.29) is 80.0 Å². The van der Waals surface area contributed by atoms with Gasteiger partial charge in [0, 0.05) is 37.4 Å². The number of fused-ring (bicyclic) bond motifs is 5. The Morgan fingerprint density at radius 3 is 1.26 bits per heavy atom. The van der Waals surface area contributed by atoms with Crippen molar-refractivity contribution in [3.05, 3.63) is 115 Å². The molecule has 624 valence electrons. The van der Waals surface area contributed by atoms with Crippen molar-refractivity contribution in [2.75, 3.05) is 56.9 Å². The van der Waals surface area contributed by atoms with Gasteiger partial charge in [0.25, 0.3) is 17.4 Å². The number of nitrogen functional groups attached to an aromatic ring is 3. The van der Waals surface area contributed by atoms with Crippen LogP contribution >= 0.6 is 0 Å². The summed E-state index contributed by atoms with van der Waals surface area (Å²) in [6.45, 7) is 20.6. The first kappa shape index (κ1) is 84.7. The SMILES string of the molecule is Cc1nc(=N)c2c(C(N)=O)cn([C@@H]3O[C@H](CO)[C@@H](O)[C@H]3O)c2n1O.Cc1nc(N)c2c(C3=NCN=N3)cn([C@@H]3O[C@H](CO)[C@@H](O)[C@H]3O)c2n1.Cc1nc2c(c(C(N)=O)cn2[C@@H]2O[C@H](CO)[C@@H](O)[C@H]2O)c(=O)[nH]1.[C-]#[N+]c1cn([C@@H]2O[C@H](CO)[C@@H](O)[C@H]2O)c2nc(C)nc(N)c12.[C-]#[N+]c1cn([C@@H]2O[C@H](CO)[C@@H](O)[C@H]2O)c2nc(CC)nc(N)c12. The zero-order chi connectivity index (χ0) is 85.1. The highest BCUT2D eigenvalue weighted by Gasteiger charge is 2.49. The van der Waals surface area contributed by atoms with Gasteiger partial charge >= 0.3 is 0 Å². The van der Waals surface area contributed by atoms with Crippen LogP contribution in [0.1, 0.15) is 93.5 Å². The van der Waals surface area contributed by atoms with Gasteiger partial charge in [-0.25, -0.2) is 54.6 Å². The lowest BCUT2D eigenvalue weighted by atomic mass is 10.1. The van der Waals surface area contributed by atoms with Crippen LogP contribution in [0.4, 0.5) is 28.8 Å². The molecule has 50 nitrogen and oxygen atoms in total. The van der Waals surface area contributed by atoms with Crippen LogP contribution in [0.15, 0.2) is 51.0 Å². The van der Waals surface area contributed by atoms with E-state index in [1.807, 2.05) is 6.92 Å². The van der Waals surface area contributed by atoms with Crippen LogP contribution in [0.25, 0.3) is 64.9 Å². The highest BCUT2D eigenvalue weighted by atomic mass is 16.6. The first-order valence-electron chi connectivity index (χ1n) is 35.5. The topological polar surface area (TPSA) is 769 Å². The Kier molecular flexibility index (Phi) is 24.5. The van der Waals surface area contributed by atoms with Crippen molar-refractivity contribution in [2.24, 2.45) is 26.7 Å². The summed E-state index contributed by atoms with van der Waals surface area (Å²) >= 11 is 0. The lowest BCUT2D eigenvalue weighted by Gasteiger charge is -2.18. The van der Waals surface area contributed by atoms with Gasteiger partial charge in [-0.1, -0.05) is 6.92 Å². The van der Waals surface area contributed by atoms with E-state index >= 15 is 0 Å². The molecule has 16 rings (SSSR count). The maximum atomic E-state index is 12.1. The van der Waals surface area contributed by atoms with Crippen molar-refractivity contribution in [3.63, 3.8) is 0 Å². The molecular formula is C67H82N26O24. The summed E-state index contributed by atoms with van der Waals surface area (Å²) in [6.07, 6.45) is -15.3. The molecule has 0 spiro atoms. The molecule has 28 N–H and O–H groups in total. The highest BCUT2D eigenvalue weighted by molar-refractivity contribution is 6.13. The van der Waals surface area contributed by atoms with E-state index in [0.717, 1.165) is 0 Å². The molecular weight excluding hydrogens is 1550 g/mol. The molecule has 20 atom stereocenters. The van der Waals surface area contributed by atoms with Gasteiger partial charge in [0.2, 0.25) is 11.4 Å². The fraction of sp³-hybridized carbons (Fsp3) is 0.478. The molecule has 50 heteroatoms. The van der Waals surface area contributed by atoms with Crippen LogP contribution in [-0.4, -0.2) is 303 Å². The van der Waals surface area contributed by atoms with Crippen molar-refractivity contribution in [1.82, 2.24) is 72.4 Å². The first-order valence-corrected chi connectivity index (χ1v) is 35.5. The number of amides is 2. The molecule has 0 bridgehead atoms. The van der Waals surface area contributed by atoms with Crippen molar-refractivity contribution in [1.29, 1.82) is 5.41 Å². The van der Waals surface area contributed by atoms with Gasteiger partial charge in [0.1, 0.15) is 155 Å². The van der Waals surface area contributed by atoms with Crippen molar-refractivity contribution >= 4 is 102 Å². The Bertz CT molecular complexity index is 5750. The van der Waals surface area contributed by atoms with Gasteiger partial charge in [-0.2, -0.15) is 9.84 Å². The number of hydrogen-bond donors (Lipinski definition) is 23. The van der Waals surface area contributed by atoms with Crippen LogP contribution in [-0.2, 0) is 30.1 Å². The largest absolute Gasteiger partial charge is 0.425 e. The molecule has 0 saturated carbocycles. The third kappa shape index (κ3) is 15.3. The van der Waals surface area contributed by atoms with Gasteiger partial charge < -0.3 is 162 Å². The van der Waals surface area contributed by atoms with Gasteiger partial charge in [0.05, 0.1) is 89.8 Å². The van der Waals surface area contributed by atoms with E-state index < -0.39 is 173 Å². The molecule has 0 aliphatic carbocycles. The number of aliphatic hydroxyl groups excluding tert-OH is 15. The minimum atomic E-state index is -1.43. The second-order valence-electron chi connectivity index (χ2n) is 27.3. The molecule has 16 heterocycles. The van der Waals surface area contributed by atoms with Gasteiger partial charge in [-0.15, -0.1) is 5.11 Å². The third-order valence-electron chi connectivity index (χ3n) is 19.9. The van der Waals surface area contributed by atoms with E-state index in [1.165, 1.54) is 50.0 Å². The number of amidine groups is 1. The number of H-pyrrole nitrogens is 1. The number of carbonyl (C=O) groups is 2. The smallest absolute Gasteiger partial charge is 0.261 e. The Morgan fingerprint density at radius 1 is 0.504 bits per heavy atom. The lowest BCUT2D eigenvalue weighted by molar-refractivity contribution is -0.0518. The van der Waals surface area contributed by atoms with Gasteiger partial charge in [-0.05, 0) is 27.7 Å². The zero-order valence-corrected chi connectivity index (χ0v) is 62.2. The molecule has 5 saturated heterocycles. The summed E-state index contributed by atoms with van der Waals surface area (Å²) in [7, 11) is 0. The number of primary amides is 2. The molecule has 117 heavy (non-hydrogen) atoms. The number of nitrogens with one attached hydrogen (secondary N) is 2. The lowest BCUT2D eigenvalue weighted by Crippen LogP contribution is -2.33. The fourth-order valence-corrected chi connectivity index (χ4v) is 14.2. The average molecular weight is 1640 g/mol.